The number of rotatable bonds is 1. The number of aromatic nitrogens is 2. The van der Waals surface area contributed by atoms with Crippen LogP contribution in [-0.2, 0) is 4.79 Å². The molecule has 1 saturated heterocycles. The van der Waals surface area contributed by atoms with Gasteiger partial charge in [0.05, 0.1) is 5.69 Å². The highest BCUT2D eigenvalue weighted by atomic mass is 16.2. The third kappa shape index (κ3) is 1.31. The van der Waals surface area contributed by atoms with Crippen molar-refractivity contribution in [1.82, 2.24) is 14.7 Å². The molecule has 4 nitrogen and oxygen atoms in total. The molecule has 2 rings (SSSR count). The van der Waals surface area contributed by atoms with Crippen LogP contribution in [0.4, 0.5) is 0 Å². The minimum atomic E-state index is -0.0753. The third-order valence-electron chi connectivity index (χ3n) is 2.74. The molecule has 0 aromatic carbocycles. The Morgan fingerprint density at radius 2 is 2.21 bits per heavy atom. The smallest absolute Gasteiger partial charge is 0.247 e. The summed E-state index contributed by atoms with van der Waals surface area (Å²) in [4.78, 5) is 13.5. The Morgan fingerprint density at radius 1 is 1.50 bits per heavy atom. The fourth-order valence-corrected chi connectivity index (χ4v) is 1.99. The maximum atomic E-state index is 11.7. The molecule has 2 heterocycles. The maximum Gasteiger partial charge on any atom is 0.247 e. The molecule has 1 unspecified atom stereocenters. The number of likely N-dealkylation sites (tertiary alicyclic amines) is 1. The van der Waals surface area contributed by atoms with Gasteiger partial charge in [-0.3, -0.25) is 9.48 Å². The molecule has 0 saturated carbocycles. The molecule has 76 valence electrons. The molecule has 0 N–H and O–H groups in total. The Balaban J connectivity index is 2.32. The van der Waals surface area contributed by atoms with E-state index in [2.05, 4.69) is 5.10 Å². The van der Waals surface area contributed by atoms with Gasteiger partial charge in [0, 0.05) is 19.3 Å². The maximum absolute atomic E-state index is 11.7. The van der Waals surface area contributed by atoms with Crippen molar-refractivity contribution in [3.63, 3.8) is 0 Å². The zero-order valence-electron chi connectivity index (χ0n) is 8.82. The van der Waals surface area contributed by atoms with Crippen molar-refractivity contribution in [3.05, 3.63) is 17.5 Å². The highest BCUT2D eigenvalue weighted by molar-refractivity contribution is 5.82. The van der Waals surface area contributed by atoms with Gasteiger partial charge >= 0.3 is 0 Å². The molecule has 1 atom stereocenters. The molecule has 0 aliphatic carbocycles. The summed E-state index contributed by atoms with van der Waals surface area (Å²) >= 11 is 0. The van der Waals surface area contributed by atoms with E-state index in [9.17, 15) is 4.79 Å². The average molecular weight is 193 g/mol. The lowest BCUT2D eigenvalue weighted by Crippen LogP contribution is -2.25. The van der Waals surface area contributed by atoms with Crippen LogP contribution in [0.3, 0.4) is 0 Å². The van der Waals surface area contributed by atoms with E-state index in [1.807, 2.05) is 31.6 Å². The largest absolute Gasteiger partial charge is 0.344 e. The normalized spacial score (nSPS) is 22.1. The van der Waals surface area contributed by atoms with Crippen LogP contribution >= 0.6 is 0 Å². The first-order chi connectivity index (χ1) is 6.59. The third-order valence-corrected chi connectivity index (χ3v) is 2.74. The predicted molar refractivity (Wildman–Crippen MR) is 53.0 cm³/mol. The summed E-state index contributed by atoms with van der Waals surface area (Å²) < 4.78 is 1.85. The number of hydrogen-bond acceptors (Lipinski definition) is 2. The summed E-state index contributed by atoms with van der Waals surface area (Å²) in [5, 5.41) is 4.35. The van der Waals surface area contributed by atoms with Gasteiger partial charge in [-0.2, -0.15) is 5.10 Å². The fraction of sp³-hybridized carbons (Fsp3) is 0.600. The molecule has 1 fully saturated rings. The zero-order valence-corrected chi connectivity index (χ0v) is 8.82. The molecule has 0 spiro atoms. The topological polar surface area (TPSA) is 38.1 Å². The number of carbonyl (C=O) groups excluding carboxylic acids is 1. The fourth-order valence-electron chi connectivity index (χ4n) is 1.99. The lowest BCUT2D eigenvalue weighted by molar-refractivity contribution is -0.129. The van der Waals surface area contributed by atoms with E-state index in [0.717, 1.165) is 24.4 Å². The number of hydrogen-bond donors (Lipinski definition) is 0. The Bertz CT molecular complexity index is 369. The summed E-state index contributed by atoms with van der Waals surface area (Å²) in [6, 6.07) is 1.93. The van der Waals surface area contributed by atoms with Gasteiger partial charge in [0.25, 0.3) is 0 Å². The van der Waals surface area contributed by atoms with Gasteiger partial charge in [-0.25, -0.2) is 0 Å². The lowest BCUT2D eigenvalue weighted by atomic mass is 10.2. The first kappa shape index (κ1) is 9.24. The van der Waals surface area contributed by atoms with Crippen LogP contribution in [0.5, 0.6) is 0 Å². The summed E-state index contributed by atoms with van der Waals surface area (Å²) in [5.41, 5.74) is 2.04. The Labute approximate surface area is 83.5 Å². The van der Waals surface area contributed by atoms with Crippen molar-refractivity contribution >= 4 is 5.91 Å². The highest BCUT2D eigenvalue weighted by Gasteiger charge is 2.31. The van der Waals surface area contributed by atoms with Gasteiger partial charge < -0.3 is 4.90 Å². The van der Waals surface area contributed by atoms with Crippen molar-refractivity contribution in [2.75, 3.05) is 13.6 Å². The predicted octanol–water partition coefficient (Wildman–Crippen LogP) is 0.903. The molecule has 1 aliphatic rings. The van der Waals surface area contributed by atoms with E-state index in [1.165, 1.54) is 0 Å². The SMILES string of the molecule is Cc1cc(C)n(C2CCN(C)C2=O)n1. The molecule has 0 bridgehead atoms. The second kappa shape index (κ2) is 3.12. The lowest BCUT2D eigenvalue weighted by Gasteiger charge is -2.12. The van der Waals surface area contributed by atoms with E-state index >= 15 is 0 Å². The van der Waals surface area contributed by atoms with E-state index in [4.69, 9.17) is 0 Å². The molecular weight excluding hydrogens is 178 g/mol. The summed E-state index contributed by atoms with van der Waals surface area (Å²) in [7, 11) is 1.84. The zero-order chi connectivity index (χ0) is 10.3. The number of amides is 1. The number of nitrogens with zero attached hydrogens (tertiary/aromatic N) is 3. The van der Waals surface area contributed by atoms with Crippen LogP contribution in [0.25, 0.3) is 0 Å². The first-order valence-electron chi connectivity index (χ1n) is 4.87. The van der Waals surface area contributed by atoms with Gasteiger partial charge in [0.15, 0.2) is 0 Å². The van der Waals surface area contributed by atoms with Gasteiger partial charge in [0.1, 0.15) is 6.04 Å². The van der Waals surface area contributed by atoms with Gasteiger partial charge in [-0.05, 0) is 26.3 Å². The summed E-state index contributed by atoms with van der Waals surface area (Å²) in [6.07, 6.45) is 0.872. The number of aryl methyl sites for hydroxylation is 2. The molecule has 0 radical (unpaired) electrons. The second-order valence-corrected chi connectivity index (χ2v) is 3.94. The molecule has 1 aliphatic heterocycles. The van der Waals surface area contributed by atoms with Gasteiger partial charge in [0.2, 0.25) is 5.91 Å². The van der Waals surface area contributed by atoms with Gasteiger partial charge in [-0.1, -0.05) is 0 Å². The number of likely N-dealkylation sites (N-methyl/N-ethyl adjacent to an activating group) is 1. The number of carbonyl (C=O) groups is 1. The van der Waals surface area contributed by atoms with E-state index in [-0.39, 0.29) is 11.9 Å². The van der Waals surface area contributed by atoms with Crippen molar-refractivity contribution in [1.29, 1.82) is 0 Å². The van der Waals surface area contributed by atoms with Crippen LogP contribution in [0.15, 0.2) is 6.07 Å². The first-order valence-corrected chi connectivity index (χ1v) is 4.87. The monoisotopic (exact) mass is 193 g/mol. The van der Waals surface area contributed by atoms with Crippen LogP contribution < -0.4 is 0 Å². The minimum absolute atomic E-state index is 0.0753. The molecule has 1 aromatic rings. The Morgan fingerprint density at radius 3 is 2.64 bits per heavy atom. The van der Waals surface area contributed by atoms with E-state index in [0.29, 0.717) is 0 Å². The van der Waals surface area contributed by atoms with Crippen LogP contribution in [-0.4, -0.2) is 34.2 Å². The second-order valence-electron chi connectivity index (χ2n) is 3.94. The van der Waals surface area contributed by atoms with Gasteiger partial charge in [-0.15, -0.1) is 0 Å². The van der Waals surface area contributed by atoms with E-state index < -0.39 is 0 Å². The molecular formula is C10H15N3O. The Kier molecular flexibility index (Phi) is 2.06. The molecule has 1 aromatic heterocycles. The van der Waals surface area contributed by atoms with Crippen LogP contribution in [0, 0.1) is 13.8 Å². The summed E-state index contributed by atoms with van der Waals surface area (Å²) in [5.74, 6) is 0.177. The highest BCUT2D eigenvalue weighted by Crippen LogP contribution is 2.22. The molecule has 4 heteroatoms. The van der Waals surface area contributed by atoms with Crippen LogP contribution in [0.2, 0.25) is 0 Å². The van der Waals surface area contributed by atoms with Crippen LogP contribution in [0.1, 0.15) is 23.9 Å². The Hall–Kier alpha value is -1.32. The van der Waals surface area contributed by atoms with Crippen molar-refractivity contribution in [2.45, 2.75) is 26.3 Å². The quantitative estimate of drug-likeness (QED) is 0.664. The molecule has 1 amide bonds. The van der Waals surface area contributed by atoms with Crippen molar-refractivity contribution in [2.24, 2.45) is 0 Å². The average Bonchev–Trinajstić information content (AvgIpc) is 2.59. The van der Waals surface area contributed by atoms with Crippen molar-refractivity contribution < 1.29 is 4.79 Å². The molecule has 14 heavy (non-hydrogen) atoms. The summed E-state index contributed by atoms with van der Waals surface area (Å²) in [6.45, 7) is 4.78. The van der Waals surface area contributed by atoms with Crippen molar-refractivity contribution in [3.8, 4) is 0 Å². The minimum Gasteiger partial charge on any atom is -0.344 e. The standard InChI is InChI=1S/C10H15N3O/c1-7-6-8(2)13(11-7)9-4-5-12(3)10(9)14/h6,9H,4-5H2,1-3H3. The van der Waals surface area contributed by atoms with E-state index in [1.54, 1.807) is 4.90 Å².